The first-order chi connectivity index (χ1) is 13.1. The van der Waals surface area contributed by atoms with Crippen LogP contribution in [-0.2, 0) is 14.3 Å². The van der Waals surface area contributed by atoms with Gasteiger partial charge in [0.15, 0.2) is 6.61 Å². The average Bonchev–Trinajstić information content (AvgIpc) is 2.66. The Kier molecular flexibility index (Phi) is 5.11. The van der Waals surface area contributed by atoms with E-state index in [2.05, 4.69) is 0 Å². The molecule has 0 N–H and O–H groups in total. The molecule has 1 aromatic carbocycles. The number of methoxy groups -OCH3 is 1. The Balaban J connectivity index is 1.50. The maximum Gasteiger partial charge on any atom is 0.307 e. The standard InChI is InChI=1S/C22H29NO4/c1-26-21(25)7-8-23(20(24)15-27-19-5-3-2-4-6-19)22-12-16-9-17(13-22)11-18(10-16)14-22/h2-6,16-18H,7-15H2,1H3. The molecule has 4 fully saturated rings. The number of carbonyl (C=O) groups excluding carboxylic acids is 2. The van der Waals surface area contributed by atoms with Crippen LogP contribution in [0.5, 0.6) is 5.75 Å². The Morgan fingerprint density at radius 1 is 1.04 bits per heavy atom. The first kappa shape index (κ1) is 18.3. The van der Waals surface area contributed by atoms with E-state index in [0.717, 1.165) is 37.0 Å². The monoisotopic (exact) mass is 371 g/mol. The summed E-state index contributed by atoms with van der Waals surface area (Å²) in [7, 11) is 1.40. The Labute approximate surface area is 161 Å². The van der Waals surface area contributed by atoms with Gasteiger partial charge in [0.1, 0.15) is 5.75 Å². The van der Waals surface area contributed by atoms with E-state index >= 15 is 0 Å². The summed E-state index contributed by atoms with van der Waals surface area (Å²) in [5, 5.41) is 0. The van der Waals surface area contributed by atoms with Crippen LogP contribution < -0.4 is 4.74 Å². The molecule has 0 saturated heterocycles. The zero-order chi connectivity index (χ0) is 18.9. The van der Waals surface area contributed by atoms with Crippen LogP contribution in [0.25, 0.3) is 0 Å². The number of rotatable bonds is 7. The van der Waals surface area contributed by atoms with Gasteiger partial charge < -0.3 is 14.4 Å². The molecule has 1 amide bonds. The smallest absolute Gasteiger partial charge is 0.307 e. The molecule has 0 atom stereocenters. The van der Waals surface area contributed by atoms with Crippen molar-refractivity contribution in [3.8, 4) is 5.75 Å². The van der Waals surface area contributed by atoms with E-state index in [-0.39, 0.29) is 30.4 Å². The first-order valence-electron chi connectivity index (χ1n) is 10.1. The lowest BCUT2D eigenvalue weighted by Crippen LogP contribution is -2.62. The van der Waals surface area contributed by atoms with Crippen molar-refractivity contribution >= 4 is 11.9 Å². The van der Waals surface area contributed by atoms with Gasteiger partial charge in [-0.2, -0.15) is 0 Å². The lowest BCUT2D eigenvalue weighted by Gasteiger charge is -2.60. The summed E-state index contributed by atoms with van der Waals surface area (Å²) in [4.78, 5) is 26.9. The number of hydrogen-bond acceptors (Lipinski definition) is 4. The second-order valence-corrected chi connectivity index (χ2v) is 8.62. The average molecular weight is 371 g/mol. The second-order valence-electron chi connectivity index (χ2n) is 8.62. The number of para-hydroxylation sites is 1. The first-order valence-corrected chi connectivity index (χ1v) is 10.1. The molecule has 0 heterocycles. The molecule has 0 radical (unpaired) electrons. The van der Waals surface area contributed by atoms with Crippen LogP contribution in [0.3, 0.4) is 0 Å². The number of carbonyl (C=O) groups is 2. The molecule has 146 valence electrons. The fraction of sp³-hybridized carbons (Fsp3) is 0.636. The van der Waals surface area contributed by atoms with Gasteiger partial charge in [0.25, 0.3) is 5.91 Å². The van der Waals surface area contributed by atoms with Crippen LogP contribution in [0.4, 0.5) is 0 Å². The van der Waals surface area contributed by atoms with E-state index < -0.39 is 0 Å². The number of ether oxygens (including phenoxy) is 2. The Morgan fingerprint density at radius 3 is 2.19 bits per heavy atom. The van der Waals surface area contributed by atoms with Crippen LogP contribution in [0, 0.1) is 17.8 Å². The summed E-state index contributed by atoms with van der Waals surface area (Å²) in [6.45, 7) is 0.447. The van der Waals surface area contributed by atoms with Gasteiger partial charge >= 0.3 is 5.97 Å². The zero-order valence-electron chi connectivity index (χ0n) is 16.1. The third kappa shape index (κ3) is 3.83. The van der Waals surface area contributed by atoms with Crippen molar-refractivity contribution in [1.82, 2.24) is 4.90 Å². The highest BCUT2D eigenvalue weighted by Gasteiger charge is 2.54. The molecule has 0 aliphatic heterocycles. The van der Waals surface area contributed by atoms with Crippen LogP contribution in [0.1, 0.15) is 44.9 Å². The normalized spacial score (nSPS) is 30.8. The molecular formula is C22H29NO4. The van der Waals surface area contributed by atoms with Crippen LogP contribution >= 0.6 is 0 Å². The largest absolute Gasteiger partial charge is 0.484 e. The predicted octanol–water partition coefficient (Wildman–Crippen LogP) is 3.43. The number of hydrogen-bond donors (Lipinski definition) is 0. The fourth-order valence-electron chi connectivity index (χ4n) is 6.07. The van der Waals surface area contributed by atoms with Gasteiger partial charge in [-0.15, -0.1) is 0 Å². The highest BCUT2D eigenvalue weighted by molar-refractivity contribution is 5.79. The number of nitrogens with zero attached hydrogens (tertiary/aromatic N) is 1. The zero-order valence-corrected chi connectivity index (χ0v) is 16.1. The lowest BCUT2D eigenvalue weighted by molar-refractivity contribution is -0.155. The van der Waals surface area contributed by atoms with Crippen molar-refractivity contribution in [2.24, 2.45) is 17.8 Å². The number of amides is 1. The van der Waals surface area contributed by atoms with Gasteiger partial charge in [-0.25, -0.2) is 0 Å². The fourth-order valence-corrected chi connectivity index (χ4v) is 6.07. The lowest BCUT2D eigenvalue weighted by atomic mass is 9.52. The minimum Gasteiger partial charge on any atom is -0.484 e. The van der Waals surface area contributed by atoms with E-state index in [1.165, 1.54) is 26.4 Å². The van der Waals surface area contributed by atoms with Crippen LogP contribution in [-0.4, -0.2) is 42.6 Å². The Bertz CT molecular complexity index is 652. The van der Waals surface area contributed by atoms with Crippen molar-refractivity contribution in [3.63, 3.8) is 0 Å². The Hall–Kier alpha value is -2.04. The molecule has 0 spiro atoms. The second kappa shape index (κ2) is 7.53. The third-order valence-electron chi connectivity index (χ3n) is 6.75. The summed E-state index contributed by atoms with van der Waals surface area (Å²) in [5.41, 5.74) is -0.0834. The summed E-state index contributed by atoms with van der Waals surface area (Å²) in [6.07, 6.45) is 7.44. The summed E-state index contributed by atoms with van der Waals surface area (Å²) >= 11 is 0. The van der Waals surface area contributed by atoms with Crippen LogP contribution in [0.15, 0.2) is 30.3 Å². The van der Waals surface area contributed by atoms with E-state index in [0.29, 0.717) is 12.3 Å². The molecule has 5 nitrogen and oxygen atoms in total. The van der Waals surface area contributed by atoms with Crippen molar-refractivity contribution in [3.05, 3.63) is 30.3 Å². The van der Waals surface area contributed by atoms with Gasteiger partial charge in [0.05, 0.1) is 13.5 Å². The molecule has 4 saturated carbocycles. The van der Waals surface area contributed by atoms with Crippen molar-refractivity contribution in [2.45, 2.75) is 50.5 Å². The minimum absolute atomic E-state index is 0.00953. The topological polar surface area (TPSA) is 55.8 Å². The molecule has 0 aromatic heterocycles. The van der Waals surface area contributed by atoms with E-state index in [9.17, 15) is 9.59 Å². The molecule has 4 aliphatic carbocycles. The Morgan fingerprint density at radius 2 is 1.63 bits per heavy atom. The maximum atomic E-state index is 13.2. The third-order valence-corrected chi connectivity index (χ3v) is 6.75. The quantitative estimate of drug-likeness (QED) is 0.689. The van der Waals surface area contributed by atoms with Crippen molar-refractivity contribution < 1.29 is 19.1 Å². The molecule has 5 heteroatoms. The van der Waals surface area contributed by atoms with Crippen molar-refractivity contribution in [2.75, 3.05) is 20.3 Å². The number of benzene rings is 1. The molecule has 1 aromatic rings. The van der Waals surface area contributed by atoms with E-state index in [4.69, 9.17) is 9.47 Å². The predicted molar refractivity (Wildman–Crippen MR) is 101 cm³/mol. The maximum absolute atomic E-state index is 13.2. The molecule has 0 unspecified atom stereocenters. The van der Waals surface area contributed by atoms with Crippen molar-refractivity contribution in [1.29, 1.82) is 0 Å². The van der Waals surface area contributed by atoms with Crippen LogP contribution in [0.2, 0.25) is 0 Å². The van der Waals surface area contributed by atoms with Gasteiger partial charge in [0.2, 0.25) is 0 Å². The molecule has 4 aliphatic rings. The molecule has 5 rings (SSSR count). The van der Waals surface area contributed by atoms with Gasteiger partial charge in [-0.1, -0.05) is 18.2 Å². The SMILES string of the molecule is COC(=O)CCN(C(=O)COc1ccccc1)C12CC3CC(CC(C3)C1)C2. The van der Waals surface area contributed by atoms with Gasteiger partial charge in [-0.05, 0) is 68.4 Å². The minimum atomic E-state index is -0.262. The number of esters is 1. The van der Waals surface area contributed by atoms with E-state index in [1.54, 1.807) is 0 Å². The summed E-state index contributed by atoms with van der Waals surface area (Å²) in [6, 6.07) is 9.43. The highest BCUT2D eigenvalue weighted by Crippen LogP contribution is 2.57. The molecule has 4 bridgehead atoms. The summed E-state index contributed by atoms with van der Waals surface area (Å²) < 4.78 is 10.6. The van der Waals surface area contributed by atoms with Gasteiger partial charge in [0, 0.05) is 12.1 Å². The molecule has 27 heavy (non-hydrogen) atoms. The molecular weight excluding hydrogens is 342 g/mol. The van der Waals surface area contributed by atoms with Gasteiger partial charge in [-0.3, -0.25) is 9.59 Å². The highest BCUT2D eigenvalue weighted by atomic mass is 16.5. The van der Waals surface area contributed by atoms with E-state index in [1.807, 2.05) is 35.2 Å². The summed E-state index contributed by atoms with van der Waals surface area (Å²) in [5.74, 6) is 2.63.